The third kappa shape index (κ3) is 3.56. The van der Waals surface area contributed by atoms with E-state index in [1.165, 1.54) is 16.4 Å². The van der Waals surface area contributed by atoms with Crippen LogP contribution in [0.5, 0.6) is 0 Å². The van der Waals surface area contributed by atoms with Crippen LogP contribution in [0.2, 0.25) is 5.02 Å². The summed E-state index contributed by atoms with van der Waals surface area (Å²) >= 11 is 11.0. The minimum Gasteiger partial charge on any atom is -0.389 e. The highest BCUT2D eigenvalue weighted by molar-refractivity contribution is 7.89. The Morgan fingerprint density at radius 1 is 1.52 bits per heavy atom. The largest absolute Gasteiger partial charge is 0.389 e. The van der Waals surface area contributed by atoms with Gasteiger partial charge in [0, 0.05) is 18.7 Å². The van der Waals surface area contributed by atoms with Gasteiger partial charge in [-0.25, -0.2) is 8.42 Å². The second-order valence-corrected chi connectivity index (χ2v) is 8.07. The molecule has 0 amide bonds. The predicted octanol–water partition coefficient (Wildman–Crippen LogP) is 2.78. The maximum Gasteiger partial charge on any atom is 0.244 e. The van der Waals surface area contributed by atoms with E-state index in [1.807, 2.05) is 0 Å². The van der Waals surface area contributed by atoms with E-state index >= 15 is 0 Å². The molecule has 1 aromatic rings. The van der Waals surface area contributed by atoms with Crippen molar-refractivity contribution in [1.29, 1.82) is 0 Å². The van der Waals surface area contributed by atoms with Gasteiger partial charge in [0.15, 0.2) is 0 Å². The highest BCUT2D eigenvalue weighted by Crippen LogP contribution is 2.30. The van der Waals surface area contributed by atoms with Crippen LogP contribution >= 0.6 is 23.8 Å². The number of sulfonamides is 1. The van der Waals surface area contributed by atoms with Crippen LogP contribution in [0.4, 0.5) is 0 Å². The summed E-state index contributed by atoms with van der Waals surface area (Å²) in [6.07, 6.45) is 3.02. The van der Waals surface area contributed by atoms with Crippen molar-refractivity contribution in [2.75, 3.05) is 13.1 Å². The lowest BCUT2D eigenvalue weighted by Crippen LogP contribution is -2.29. The smallest absolute Gasteiger partial charge is 0.244 e. The Hall–Kier alpha value is -0.690. The van der Waals surface area contributed by atoms with Gasteiger partial charge in [0.05, 0.1) is 5.02 Å². The van der Waals surface area contributed by atoms with Crippen molar-refractivity contribution < 1.29 is 8.42 Å². The van der Waals surface area contributed by atoms with Crippen LogP contribution < -0.4 is 5.73 Å². The Morgan fingerprint density at radius 2 is 2.24 bits per heavy atom. The van der Waals surface area contributed by atoms with Crippen LogP contribution in [0.3, 0.4) is 0 Å². The molecule has 1 saturated heterocycles. The first-order valence-electron chi connectivity index (χ1n) is 6.95. The summed E-state index contributed by atoms with van der Waals surface area (Å²) in [6.45, 7) is 3.21. The fraction of sp³-hybridized carbons (Fsp3) is 0.500. The maximum absolute atomic E-state index is 12.7. The highest BCUT2D eigenvalue weighted by Gasteiger charge is 2.33. The lowest BCUT2D eigenvalue weighted by molar-refractivity contribution is 0.444. The molecule has 116 valence electrons. The number of hydrogen-bond donors (Lipinski definition) is 1. The quantitative estimate of drug-likeness (QED) is 0.833. The molecular weight excluding hydrogens is 328 g/mol. The van der Waals surface area contributed by atoms with Gasteiger partial charge in [-0.15, -0.1) is 0 Å². The van der Waals surface area contributed by atoms with E-state index in [4.69, 9.17) is 29.6 Å². The average Bonchev–Trinajstić information content (AvgIpc) is 2.88. The minimum absolute atomic E-state index is 0.0895. The van der Waals surface area contributed by atoms with Gasteiger partial charge in [-0.1, -0.05) is 43.2 Å². The molecule has 7 heteroatoms. The second kappa shape index (κ2) is 6.60. The van der Waals surface area contributed by atoms with Crippen LogP contribution in [0.15, 0.2) is 23.1 Å². The Bertz CT molecular complexity index is 646. The third-order valence-electron chi connectivity index (χ3n) is 3.78. The Balaban J connectivity index is 2.32. The Labute approximate surface area is 136 Å². The molecule has 1 atom stereocenters. The molecule has 1 unspecified atom stereocenters. The van der Waals surface area contributed by atoms with Crippen molar-refractivity contribution in [3.05, 3.63) is 28.8 Å². The zero-order valence-corrected chi connectivity index (χ0v) is 14.3. The van der Waals surface area contributed by atoms with Crippen molar-refractivity contribution in [3.8, 4) is 0 Å². The van der Waals surface area contributed by atoms with Gasteiger partial charge < -0.3 is 5.73 Å². The van der Waals surface area contributed by atoms with Crippen LogP contribution in [-0.4, -0.2) is 30.8 Å². The van der Waals surface area contributed by atoms with Crippen LogP contribution in [0.25, 0.3) is 0 Å². The molecular formula is C14H19ClN2O2S2. The van der Waals surface area contributed by atoms with E-state index in [2.05, 4.69) is 6.92 Å². The monoisotopic (exact) mass is 346 g/mol. The summed E-state index contributed by atoms with van der Waals surface area (Å²) in [5.74, 6) is 0.433. The van der Waals surface area contributed by atoms with Crippen molar-refractivity contribution >= 4 is 38.8 Å². The van der Waals surface area contributed by atoms with Gasteiger partial charge in [0.1, 0.15) is 9.88 Å². The molecule has 0 spiro atoms. The molecule has 1 heterocycles. The van der Waals surface area contributed by atoms with E-state index in [-0.39, 0.29) is 14.9 Å². The lowest BCUT2D eigenvalue weighted by Gasteiger charge is -2.18. The average molecular weight is 347 g/mol. The van der Waals surface area contributed by atoms with Crippen molar-refractivity contribution in [2.45, 2.75) is 31.1 Å². The molecule has 0 radical (unpaired) electrons. The number of rotatable bonds is 5. The first kappa shape index (κ1) is 16.7. The van der Waals surface area contributed by atoms with Gasteiger partial charge in [-0.2, -0.15) is 4.31 Å². The molecule has 2 N–H and O–H groups in total. The normalized spacial score (nSPS) is 19.8. The fourth-order valence-electron chi connectivity index (χ4n) is 2.65. The molecule has 1 aliphatic rings. The summed E-state index contributed by atoms with van der Waals surface area (Å²) in [5, 5.41) is 0.203. The SMILES string of the molecule is CCCC1CCN(S(=O)(=O)c2cc(C(N)=S)ccc2Cl)C1. The molecule has 1 aromatic carbocycles. The molecule has 4 nitrogen and oxygen atoms in total. The van der Waals surface area contributed by atoms with Gasteiger partial charge in [0.25, 0.3) is 0 Å². The van der Waals surface area contributed by atoms with E-state index in [0.29, 0.717) is 24.6 Å². The van der Waals surface area contributed by atoms with Crippen molar-refractivity contribution in [3.63, 3.8) is 0 Å². The van der Waals surface area contributed by atoms with Crippen molar-refractivity contribution in [1.82, 2.24) is 4.31 Å². The molecule has 0 aromatic heterocycles. The Morgan fingerprint density at radius 3 is 2.86 bits per heavy atom. The third-order valence-corrected chi connectivity index (χ3v) is 6.36. The summed E-state index contributed by atoms with van der Waals surface area (Å²) in [4.78, 5) is 0.250. The summed E-state index contributed by atoms with van der Waals surface area (Å²) in [6, 6.07) is 4.63. The van der Waals surface area contributed by atoms with Crippen LogP contribution in [0, 0.1) is 5.92 Å². The van der Waals surface area contributed by atoms with E-state index in [9.17, 15) is 8.42 Å². The zero-order chi connectivity index (χ0) is 15.6. The number of hydrogen-bond acceptors (Lipinski definition) is 3. The molecule has 2 rings (SSSR count). The maximum atomic E-state index is 12.7. The molecule has 0 bridgehead atoms. The van der Waals surface area contributed by atoms with Gasteiger partial charge in [-0.05, 0) is 30.9 Å². The zero-order valence-electron chi connectivity index (χ0n) is 11.9. The number of thiocarbonyl (C=S) groups is 1. The predicted molar refractivity (Wildman–Crippen MR) is 89.1 cm³/mol. The number of halogens is 1. The standard InChI is InChI=1S/C14H19ClN2O2S2/c1-2-3-10-6-7-17(9-10)21(18,19)13-8-11(14(16)20)4-5-12(13)15/h4-5,8,10H,2-3,6-7,9H2,1H3,(H2,16,20). The van der Waals surface area contributed by atoms with E-state index < -0.39 is 10.0 Å². The first-order chi connectivity index (χ1) is 9.86. The summed E-state index contributed by atoms with van der Waals surface area (Å²) < 4.78 is 27.0. The molecule has 21 heavy (non-hydrogen) atoms. The first-order valence-corrected chi connectivity index (χ1v) is 9.18. The molecule has 0 aliphatic carbocycles. The van der Waals surface area contributed by atoms with E-state index in [1.54, 1.807) is 6.07 Å². The number of nitrogens with two attached hydrogens (primary N) is 1. The van der Waals surface area contributed by atoms with Gasteiger partial charge in [-0.3, -0.25) is 0 Å². The van der Waals surface area contributed by atoms with Crippen LogP contribution in [-0.2, 0) is 10.0 Å². The van der Waals surface area contributed by atoms with Gasteiger partial charge in [0.2, 0.25) is 10.0 Å². The molecule has 0 saturated carbocycles. The number of benzene rings is 1. The molecule has 1 aliphatic heterocycles. The summed E-state index contributed by atoms with van der Waals surface area (Å²) in [7, 11) is -3.59. The molecule has 1 fully saturated rings. The minimum atomic E-state index is -3.59. The van der Waals surface area contributed by atoms with Crippen LogP contribution in [0.1, 0.15) is 31.7 Å². The number of nitrogens with zero attached hydrogens (tertiary/aromatic N) is 1. The lowest BCUT2D eigenvalue weighted by atomic mass is 10.0. The van der Waals surface area contributed by atoms with E-state index in [0.717, 1.165) is 19.3 Å². The highest BCUT2D eigenvalue weighted by atomic mass is 35.5. The Kier molecular flexibility index (Phi) is 5.24. The van der Waals surface area contributed by atoms with Crippen molar-refractivity contribution in [2.24, 2.45) is 11.7 Å². The summed E-state index contributed by atoms with van der Waals surface area (Å²) in [5.41, 5.74) is 6.08. The second-order valence-electron chi connectivity index (χ2n) is 5.32. The van der Waals surface area contributed by atoms with Gasteiger partial charge >= 0.3 is 0 Å². The topological polar surface area (TPSA) is 63.4 Å². The fourth-order valence-corrected chi connectivity index (χ4v) is 4.81.